The maximum Gasteiger partial charge on any atom is 0.0991 e. The SMILES string of the molecule is CC(C)OCCN(C)c1ccc(C#N)cc1. The van der Waals surface area contributed by atoms with Gasteiger partial charge in [0.05, 0.1) is 24.3 Å². The third-order valence-corrected chi connectivity index (χ3v) is 2.32. The highest BCUT2D eigenvalue weighted by Gasteiger charge is 2.01. The van der Waals surface area contributed by atoms with Crippen LogP contribution in [0.2, 0.25) is 0 Å². The molecule has 0 saturated heterocycles. The number of hydrogen-bond donors (Lipinski definition) is 0. The molecule has 0 amide bonds. The van der Waals surface area contributed by atoms with Crippen molar-refractivity contribution in [1.82, 2.24) is 0 Å². The van der Waals surface area contributed by atoms with E-state index in [2.05, 4.69) is 11.0 Å². The van der Waals surface area contributed by atoms with E-state index < -0.39 is 0 Å². The number of likely N-dealkylation sites (N-methyl/N-ethyl adjacent to an activating group) is 1. The van der Waals surface area contributed by atoms with Crippen molar-refractivity contribution >= 4 is 5.69 Å². The summed E-state index contributed by atoms with van der Waals surface area (Å²) in [5.74, 6) is 0. The number of nitriles is 1. The topological polar surface area (TPSA) is 36.3 Å². The first kappa shape index (κ1) is 12.5. The van der Waals surface area contributed by atoms with Crippen molar-refractivity contribution in [3.05, 3.63) is 29.8 Å². The Balaban J connectivity index is 2.47. The molecular formula is C13H18N2O. The molecule has 0 aromatic heterocycles. The van der Waals surface area contributed by atoms with Crippen LogP contribution in [0.4, 0.5) is 5.69 Å². The van der Waals surface area contributed by atoms with Gasteiger partial charge in [-0.25, -0.2) is 0 Å². The fourth-order valence-electron chi connectivity index (χ4n) is 1.34. The van der Waals surface area contributed by atoms with Crippen LogP contribution in [0.5, 0.6) is 0 Å². The molecule has 3 heteroatoms. The number of anilines is 1. The molecule has 16 heavy (non-hydrogen) atoms. The van der Waals surface area contributed by atoms with E-state index in [-0.39, 0.29) is 6.10 Å². The van der Waals surface area contributed by atoms with Gasteiger partial charge in [0.2, 0.25) is 0 Å². The predicted octanol–water partition coefficient (Wildman–Crippen LogP) is 2.42. The van der Waals surface area contributed by atoms with Crippen molar-refractivity contribution in [3.8, 4) is 6.07 Å². The summed E-state index contributed by atoms with van der Waals surface area (Å²) in [6.07, 6.45) is 0.273. The first-order valence-electron chi connectivity index (χ1n) is 5.46. The van der Waals surface area contributed by atoms with Gasteiger partial charge in [-0.2, -0.15) is 5.26 Å². The molecule has 0 fully saturated rings. The molecule has 0 spiro atoms. The first-order valence-corrected chi connectivity index (χ1v) is 5.46. The van der Waals surface area contributed by atoms with Gasteiger partial charge in [-0.05, 0) is 38.1 Å². The van der Waals surface area contributed by atoms with Crippen LogP contribution in [0.15, 0.2) is 24.3 Å². The Kier molecular flexibility index (Phi) is 4.81. The van der Waals surface area contributed by atoms with Crippen LogP contribution in [0.1, 0.15) is 19.4 Å². The van der Waals surface area contributed by atoms with Gasteiger partial charge < -0.3 is 9.64 Å². The van der Waals surface area contributed by atoms with E-state index in [0.29, 0.717) is 12.2 Å². The summed E-state index contributed by atoms with van der Waals surface area (Å²) in [6.45, 7) is 5.63. The molecule has 1 aromatic rings. The van der Waals surface area contributed by atoms with E-state index in [1.54, 1.807) is 0 Å². The highest BCUT2D eigenvalue weighted by atomic mass is 16.5. The smallest absolute Gasteiger partial charge is 0.0991 e. The Morgan fingerprint density at radius 1 is 1.31 bits per heavy atom. The van der Waals surface area contributed by atoms with Crippen molar-refractivity contribution in [2.24, 2.45) is 0 Å². The second-order valence-electron chi connectivity index (χ2n) is 4.00. The Labute approximate surface area is 97.3 Å². The van der Waals surface area contributed by atoms with Crippen LogP contribution in [0.25, 0.3) is 0 Å². The largest absolute Gasteiger partial charge is 0.377 e. The summed E-state index contributed by atoms with van der Waals surface area (Å²) < 4.78 is 5.48. The summed E-state index contributed by atoms with van der Waals surface area (Å²) in [6, 6.07) is 9.67. The highest BCUT2D eigenvalue weighted by Crippen LogP contribution is 2.12. The minimum atomic E-state index is 0.273. The quantitative estimate of drug-likeness (QED) is 0.761. The van der Waals surface area contributed by atoms with Gasteiger partial charge in [0, 0.05) is 19.3 Å². The van der Waals surface area contributed by atoms with Crippen LogP contribution in [0.3, 0.4) is 0 Å². The van der Waals surface area contributed by atoms with E-state index >= 15 is 0 Å². The van der Waals surface area contributed by atoms with E-state index in [0.717, 1.165) is 12.2 Å². The van der Waals surface area contributed by atoms with Gasteiger partial charge in [0.1, 0.15) is 0 Å². The molecule has 0 bridgehead atoms. The molecule has 1 rings (SSSR count). The van der Waals surface area contributed by atoms with Gasteiger partial charge in [0.25, 0.3) is 0 Å². The Hall–Kier alpha value is -1.53. The third kappa shape index (κ3) is 3.92. The number of nitrogens with zero attached hydrogens (tertiary/aromatic N) is 2. The molecule has 0 aliphatic heterocycles. The van der Waals surface area contributed by atoms with Gasteiger partial charge in [-0.3, -0.25) is 0 Å². The number of benzene rings is 1. The van der Waals surface area contributed by atoms with Gasteiger partial charge in [-0.15, -0.1) is 0 Å². The number of rotatable bonds is 5. The summed E-state index contributed by atoms with van der Waals surface area (Å²) >= 11 is 0. The summed E-state index contributed by atoms with van der Waals surface area (Å²) in [7, 11) is 2.02. The molecule has 1 aromatic carbocycles. The van der Waals surface area contributed by atoms with Crippen molar-refractivity contribution in [3.63, 3.8) is 0 Å². The lowest BCUT2D eigenvalue weighted by Gasteiger charge is -2.20. The van der Waals surface area contributed by atoms with Gasteiger partial charge >= 0.3 is 0 Å². The molecule has 0 aliphatic rings. The molecule has 0 N–H and O–H groups in total. The zero-order valence-corrected chi connectivity index (χ0v) is 10.1. The second kappa shape index (κ2) is 6.14. The molecule has 3 nitrogen and oxygen atoms in total. The molecule has 0 saturated carbocycles. The standard InChI is InChI=1S/C13H18N2O/c1-11(2)16-9-8-15(3)13-6-4-12(10-14)5-7-13/h4-7,11H,8-9H2,1-3H3. The van der Waals surface area contributed by atoms with Crippen LogP contribution in [-0.2, 0) is 4.74 Å². The summed E-state index contributed by atoms with van der Waals surface area (Å²) in [5, 5.41) is 8.69. The fourth-order valence-corrected chi connectivity index (χ4v) is 1.34. The van der Waals surface area contributed by atoms with Crippen LogP contribution >= 0.6 is 0 Å². The van der Waals surface area contributed by atoms with E-state index in [1.165, 1.54) is 0 Å². The van der Waals surface area contributed by atoms with Gasteiger partial charge in [-0.1, -0.05) is 0 Å². The van der Waals surface area contributed by atoms with Crippen LogP contribution < -0.4 is 4.90 Å². The fraction of sp³-hybridized carbons (Fsp3) is 0.462. The average molecular weight is 218 g/mol. The Morgan fingerprint density at radius 3 is 2.44 bits per heavy atom. The van der Waals surface area contributed by atoms with Crippen molar-refractivity contribution in [1.29, 1.82) is 5.26 Å². The number of hydrogen-bond acceptors (Lipinski definition) is 3. The monoisotopic (exact) mass is 218 g/mol. The molecule has 0 heterocycles. The lowest BCUT2D eigenvalue weighted by atomic mass is 10.2. The molecule has 0 aliphatic carbocycles. The maximum absolute atomic E-state index is 8.69. The maximum atomic E-state index is 8.69. The molecule has 86 valence electrons. The van der Waals surface area contributed by atoms with Crippen LogP contribution in [-0.4, -0.2) is 26.3 Å². The molecular weight excluding hydrogens is 200 g/mol. The zero-order chi connectivity index (χ0) is 12.0. The Morgan fingerprint density at radius 2 is 1.94 bits per heavy atom. The van der Waals surface area contributed by atoms with Gasteiger partial charge in [0.15, 0.2) is 0 Å². The average Bonchev–Trinajstić information content (AvgIpc) is 2.28. The lowest BCUT2D eigenvalue weighted by Crippen LogP contribution is -2.23. The third-order valence-electron chi connectivity index (χ3n) is 2.32. The van der Waals surface area contributed by atoms with E-state index in [4.69, 9.17) is 10.00 Å². The van der Waals surface area contributed by atoms with Crippen molar-refractivity contribution in [2.75, 3.05) is 25.1 Å². The molecule has 0 atom stereocenters. The van der Waals surface area contributed by atoms with E-state index in [1.807, 2.05) is 45.2 Å². The lowest BCUT2D eigenvalue weighted by molar-refractivity contribution is 0.0846. The summed E-state index contributed by atoms with van der Waals surface area (Å²) in [5.41, 5.74) is 1.79. The minimum Gasteiger partial charge on any atom is -0.377 e. The highest BCUT2D eigenvalue weighted by molar-refractivity contribution is 5.48. The van der Waals surface area contributed by atoms with Crippen molar-refractivity contribution < 1.29 is 4.74 Å². The number of ether oxygens (including phenoxy) is 1. The van der Waals surface area contributed by atoms with Crippen LogP contribution in [0, 0.1) is 11.3 Å². The molecule has 0 radical (unpaired) electrons. The normalized spacial score (nSPS) is 10.2. The predicted molar refractivity (Wildman–Crippen MR) is 65.5 cm³/mol. The first-order chi connectivity index (χ1) is 7.63. The van der Waals surface area contributed by atoms with E-state index in [9.17, 15) is 0 Å². The Bertz CT molecular complexity index is 351. The zero-order valence-electron chi connectivity index (χ0n) is 10.1. The summed E-state index contributed by atoms with van der Waals surface area (Å²) in [4.78, 5) is 2.11. The molecule has 0 unspecified atom stereocenters. The second-order valence-corrected chi connectivity index (χ2v) is 4.00. The minimum absolute atomic E-state index is 0.273. The van der Waals surface area contributed by atoms with Crippen molar-refractivity contribution in [2.45, 2.75) is 20.0 Å².